The molecule has 0 N–H and O–H groups in total. The zero-order valence-electron chi connectivity index (χ0n) is 18.3. The van der Waals surface area contributed by atoms with Crippen molar-refractivity contribution in [3.63, 3.8) is 0 Å². The number of halogens is 6. The SMILES string of the molecule is CN(Cc1ccc(/C=C/C(c2cc(Cl)c(Cl)c(Cl)c2)C(F)(F)F)cc1)C(=O)c1ccccc1C=O. The van der Waals surface area contributed by atoms with E-state index < -0.39 is 12.1 Å². The lowest BCUT2D eigenvalue weighted by molar-refractivity contribution is -0.139. The van der Waals surface area contributed by atoms with E-state index in [2.05, 4.69) is 0 Å². The van der Waals surface area contributed by atoms with Crippen LogP contribution in [0.5, 0.6) is 0 Å². The van der Waals surface area contributed by atoms with E-state index in [1.165, 1.54) is 11.0 Å². The average molecular weight is 541 g/mol. The fourth-order valence-electron chi connectivity index (χ4n) is 3.45. The third-order valence-electron chi connectivity index (χ3n) is 5.26. The van der Waals surface area contributed by atoms with E-state index in [1.54, 1.807) is 55.6 Å². The lowest BCUT2D eigenvalue weighted by atomic mass is 9.97. The number of amides is 1. The van der Waals surface area contributed by atoms with Crippen LogP contribution in [0.1, 0.15) is 43.3 Å². The summed E-state index contributed by atoms with van der Waals surface area (Å²) in [5.41, 5.74) is 1.78. The number of allylic oxidation sites excluding steroid dienone is 1. The van der Waals surface area contributed by atoms with Crippen molar-refractivity contribution >= 4 is 53.1 Å². The summed E-state index contributed by atoms with van der Waals surface area (Å²) >= 11 is 17.7. The number of rotatable bonds is 7. The number of hydrogen-bond acceptors (Lipinski definition) is 2. The molecule has 0 aliphatic rings. The summed E-state index contributed by atoms with van der Waals surface area (Å²) in [6.07, 6.45) is -1.56. The Bertz CT molecular complexity index is 1230. The summed E-state index contributed by atoms with van der Waals surface area (Å²) in [6.45, 7) is 0.253. The Hall–Kier alpha value is -2.80. The molecule has 1 unspecified atom stereocenters. The van der Waals surface area contributed by atoms with Gasteiger partial charge in [0.2, 0.25) is 0 Å². The zero-order chi connectivity index (χ0) is 25.8. The van der Waals surface area contributed by atoms with Gasteiger partial charge in [0.25, 0.3) is 5.91 Å². The van der Waals surface area contributed by atoms with Gasteiger partial charge in [0.05, 0.1) is 26.5 Å². The Balaban J connectivity index is 1.75. The van der Waals surface area contributed by atoms with E-state index in [9.17, 15) is 22.8 Å². The summed E-state index contributed by atoms with van der Waals surface area (Å²) in [5, 5.41) is -0.123. The molecule has 0 fully saturated rings. The largest absolute Gasteiger partial charge is 0.399 e. The molecule has 1 atom stereocenters. The number of carbonyl (C=O) groups excluding carboxylic acids is 2. The molecule has 9 heteroatoms. The van der Waals surface area contributed by atoms with Gasteiger partial charge in [-0.3, -0.25) is 9.59 Å². The fourth-order valence-corrected chi connectivity index (χ4v) is 4.06. The Morgan fingerprint density at radius 1 is 1.00 bits per heavy atom. The molecular formula is C26H19Cl3F3NO2. The molecule has 0 aliphatic carbocycles. The van der Waals surface area contributed by atoms with Gasteiger partial charge in [0, 0.05) is 19.2 Å². The third-order valence-corrected chi connectivity index (χ3v) is 6.46. The van der Waals surface area contributed by atoms with Crippen LogP contribution in [-0.4, -0.2) is 30.3 Å². The molecule has 0 aromatic heterocycles. The predicted molar refractivity (Wildman–Crippen MR) is 133 cm³/mol. The molecule has 1 amide bonds. The molecule has 35 heavy (non-hydrogen) atoms. The van der Waals surface area contributed by atoms with Gasteiger partial charge in [-0.1, -0.05) is 89.4 Å². The number of hydrogen-bond donors (Lipinski definition) is 0. The monoisotopic (exact) mass is 539 g/mol. The summed E-state index contributed by atoms with van der Waals surface area (Å²) < 4.78 is 41.2. The van der Waals surface area contributed by atoms with Crippen LogP contribution >= 0.6 is 34.8 Å². The molecule has 0 bridgehead atoms. The first kappa shape index (κ1) is 26.8. The van der Waals surface area contributed by atoms with Crippen LogP contribution in [0.25, 0.3) is 6.08 Å². The summed E-state index contributed by atoms with van der Waals surface area (Å²) in [4.78, 5) is 25.3. The van der Waals surface area contributed by atoms with Gasteiger partial charge in [-0.2, -0.15) is 13.2 Å². The minimum atomic E-state index is -4.57. The maximum atomic E-state index is 13.7. The van der Waals surface area contributed by atoms with E-state index in [1.807, 2.05) is 0 Å². The smallest absolute Gasteiger partial charge is 0.337 e. The van der Waals surface area contributed by atoms with Crippen LogP contribution in [0.2, 0.25) is 15.1 Å². The van der Waals surface area contributed by atoms with E-state index in [0.717, 1.165) is 23.8 Å². The summed E-state index contributed by atoms with van der Waals surface area (Å²) in [5.74, 6) is -2.25. The van der Waals surface area contributed by atoms with Gasteiger partial charge in [-0.25, -0.2) is 0 Å². The normalized spacial score (nSPS) is 12.5. The third kappa shape index (κ3) is 6.66. The van der Waals surface area contributed by atoms with Crippen LogP contribution in [0.4, 0.5) is 13.2 Å². The van der Waals surface area contributed by atoms with Crippen molar-refractivity contribution in [3.8, 4) is 0 Å². The molecule has 0 radical (unpaired) electrons. The maximum Gasteiger partial charge on any atom is 0.399 e. The Kier molecular flexibility index (Phi) is 8.65. The summed E-state index contributed by atoms with van der Waals surface area (Å²) in [6, 6.07) is 15.5. The van der Waals surface area contributed by atoms with Crippen molar-refractivity contribution < 1.29 is 22.8 Å². The summed E-state index contributed by atoms with van der Waals surface area (Å²) in [7, 11) is 1.61. The van der Waals surface area contributed by atoms with E-state index in [0.29, 0.717) is 23.0 Å². The fraction of sp³-hybridized carbons (Fsp3) is 0.154. The van der Waals surface area contributed by atoms with E-state index in [-0.39, 0.29) is 33.1 Å². The molecule has 3 aromatic rings. The van der Waals surface area contributed by atoms with Crippen LogP contribution in [0, 0.1) is 0 Å². The number of nitrogens with zero attached hydrogens (tertiary/aromatic N) is 1. The first-order chi connectivity index (χ1) is 16.5. The highest BCUT2D eigenvalue weighted by Crippen LogP contribution is 2.41. The highest BCUT2D eigenvalue weighted by atomic mass is 35.5. The minimum absolute atomic E-state index is 0.00401. The first-order valence-electron chi connectivity index (χ1n) is 10.3. The lowest BCUT2D eigenvalue weighted by Crippen LogP contribution is -2.27. The molecule has 3 nitrogen and oxygen atoms in total. The van der Waals surface area contributed by atoms with Crippen molar-refractivity contribution in [2.75, 3.05) is 7.05 Å². The first-order valence-corrected chi connectivity index (χ1v) is 11.4. The minimum Gasteiger partial charge on any atom is -0.337 e. The quantitative estimate of drug-likeness (QED) is 0.224. The standard InChI is InChI=1S/C26H19Cl3F3NO2/c1-33(25(35)20-5-3-2-4-18(20)15-34)14-17-8-6-16(7-9-17)10-11-21(26(30,31)32)19-12-22(27)24(29)23(28)13-19/h2-13,15,21H,14H2,1H3/b11-10+. The Morgan fingerprint density at radius 2 is 1.60 bits per heavy atom. The molecule has 0 heterocycles. The van der Waals surface area contributed by atoms with Crippen molar-refractivity contribution in [3.05, 3.63) is 110 Å². The van der Waals surface area contributed by atoms with Crippen molar-refractivity contribution in [1.82, 2.24) is 4.90 Å². The Morgan fingerprint density at radius 3 is 2.17 bits per heavy atom. The molecule has 3 rings (SSSR count). The lowest BCUT2D eigenvalue weighted by Gasteiger charge is -2.19. The predicted octanol–water partition coefficient (Wildman–Crippen LogP) is 8.09. The van der Waals surface area contributed by atoms with Gasteiger partial charge in [-0.05, 0) is 34.9 Å². The zero-order valence-corrected chi connectivity index (χ0v) is 20.6. The number of alkyl halides is 3. The van der Waals surface area contributed by atoms with Crippen LogP contribution in [-0.2, 0) is 6.54 Å². The van der Waals surface area contributed by atoms with Gasteiger partial charge in [0.15, 0.2) is 6.29 Å². The van der Waals surface area contributed by atoms with E-state index in [4.69, 9.17) is 34.8 Å². The van der Waals surface area contributed by atoms with Crippen molar-refractivity contribution in [1.29, 1.82) is 0 Å². The molecular weight excluding hydrogens is 522 g/mol. The van der Waals surface area contributed by atoms with Crippen molar-refractivity contribution in [2.45, 2.75) is 18.6 Å². The van der Waals surface area contributed by atoms with Gasteiger partial charge < -0.3 is 4.90 Å². The number of benzene rings is 3. The van der Waals surface area contributed by atoms with Crippen LogP contribution < -0.4 is 0 Å². The van der Waals surface area contributed by atoms with E-state index >= 15 is 0 Å². The Labute approximate surface area is 215 Å². The maximum absolute atomic E-state index is 13.7. The van der Waals surface area contributed by atoms with Gasteiger partial charge in [-0.15, -0.1) is 0 Å². The molecule has 0 aliphatic heterocycles. The molecule has 0 saturated carbocycles. The topological polar surface area (TPSA) is 37.4 Å². The van der Waals surface area contributed by atoms with Gasteiger partial charge in [0.1, 0.15) is 0 Å². The molecule has 0 saturated heterocycles. The van der Waals surface area contributed by atoms with Crippen LogP contribution in [0.15, 0.2) is 66.7 Å². The van der Waals surface area contributed by atoms with Crippen molar-refractivity contribution in [2.24, 2.45) is 0 Å². The second kappa shape index (κ2) is 11.3. The average Bonchev–Trinajstić information content (AvgIpc) is 2.82. The van der Waals surface area contributed by atoms with Gasteiger partial charge >= 0.3 is 6.18 Å². The number of carbonyl (C=O) groups is 2. The molecule has 3 aromatic carbocycles. The second-order valence-corrected chi connectivity index (χ2v) is 8.98. The second-order valence-electron chi connectivity index (χ2n) is 7.78. The molecule has 182 valence electrons. The highest BCUT2D eigenvalue weighted by Gasteiger charge is 2.39. The number of aldehydes is 1. The highest BCUT2D eigenvalue weighted by molar-refractivity contribution is 6.48. The van der Waals surface area contributed by atoms with Crippen LogP contribution in [0.3, 0.4) is 0 Å². The molecule has 0 spiro atoms.